The average molecular weight is 429 g/mol. The van der Waals surface area contributed by atoms with Gasteiger partial charge in [0.05, 0.1) is 12.2 Å². The Labute approximate surface area is 188 Å². The molecular formula is C26H28N4O2. The Morgan fingerprint density at radius 3 is 2.56 bits per heavy atom. The van der Waals surface area contributed by atoms with Crippen LogP contribution in [0.25, 0.3) is 11.4 Å². The average Bonchev–Trinajstić information content (AvgIpc) is 3.13. The van der Waals surface area contributed by atoms with Gasteiger partial charge >= 0.3 is 0 Å². The molecule has 2 fully saturated rings. The second-order valence-corrected chi connectivity index (χ2v) is 8.95. The molecule has 1 aromatic carbocycles. The van der Waals surface area contributed by atoms with E-state index in [9.17, 15) is 4.79 Å². The summed E-state index contributed by atoms with van der Waals surface area (Å²) in [7, 11) is 0. The number of piperidine rings is 1. The normalized spacial score (nSPS) is 22.1. The van der Waals surface area contributed by atoms with Gasteiger partial charge in [0, 0.05) is 48.2 Å². The maximum atomic E-state index is 13.9. The molecule has 3 aromatic rings. The summed E-state index contributed by atoms with van der Waals surface area (Å²) in [5.74, 6) is 1.63. The van der Waals surface area contributed by atoms with E-state index in [1.165, 1.54) is 0 Å². The van der Waals surface area contributed by atoms with Gasteiger partial charge in [0.2, 0.25) is 5.88 Å². The van der Waals surface area contributed by atoms with Crippen molar-refractivity contribution < 1.29 is 9.53 Å². The van der Waals surface area contributed by atoms with Crippen molar-refractivity contribution in [2.75, 3.05) is 6.61 Å². The van der Waals surface area contributed by atoms with Crippen molar-refractivity contribution in [2.24, 2.45) is 5.92 Å². The van der Waals surface area contributed by atoms with E-state index in [1.54, 1.807) is 18.5 Å². The Morgan fingerprint density at radius 2 is 1.78 bits per heavy atom. The number of pyridine rings is 1. The number of aryl methyl sites for hydroxylation is 2. The van der Waals surface area contributed by atoms with E-state index >= 15 is 0 Å². The maximum Gasteiger partial charge on any atom is 0.255 e. The van der Waals surface area contributed by atoms with E-state index in [0.29, 0.717) is 35.8 Å². The molecule has 4 heterocycles. The third-order valence-corrected chi connectivity index (χ3v) is 6.74. The molecule has 0 aliphatic carbocycles. The number of aromatic nitrogens is 3. The summed E-state index contributed by atoms with van der Waals surface area (Å²) in [6.45, 7) is 4.61. The fourth-order valence-electron chi connectivity index (χ4n) is 5.11. The summed E-state index contributed by atoms with van der Waals surface area (Å²) in [4.78, 5) is 29.2. The summed E-state index contributed by atoms with van der Waals surface area (Å²) >= 11 is 0. The molecule has 2 unspecified atom stereocenters. The highest BCUT2D eigenvalue weighted by molar-refractivity contribution is 6.01. The zero-order chi connectivity index (χ0) is 22.1. The first-order chi connectivity index (χ1) is 15.6. The predicted octanol–water partition coefficient (Wildman–Crippen LogP) is 4.62. The van der Waals surface area contributed by atoms with Crippen molar-refractivity contribution in [2.45, 2.75) is 51.6 Å². The van der Waals surface area contributed by atoms with Crippen molar-refractivity contribution in [1.82, 2.24) is 19.9 Å². The number of nitrogens with zero attached hydrogens (tertiary/aromatic N) is 4. The Kier molecular flexibility index (Phi) is 5.60. The molecule has 0 N–H and O–H groups in total. The van der Waals surface area contributed by atoms with E-state index in [-0.39, 0.29) is 11.9 Å². The van der Waals surface area contributed by atoms with Crippen molar-refractivity contribution in [3.05, 3.63) is 71.7 Å². The SMILES string of the molecule is Cc1ccc(OCC2CC[C@@H]3CCC2N3C(=O)c2cc(C)ccc2-c2ncccn2)nc1. The molecule has 6 heteroatoms. The summed E-state index contributed by atoms with van der Waals surface area (Å²) in [5.41, 5.74) is 3.65. The van der Waals surface area contributed by atoms with Crippen LogP contribution in [0.2, 0.25) is 0 Å². The van der Waals surface area contributed by atoms with E-state index in [2.05, 4.69) is 19.9 Å². The third kappa shape index (κ3) is 3.97. The van der Waals surface area contributed by atoms with Crippen LogP contribution in [-0.4, -0.2) is 44.4 Å². The zero-order valence-corrected chi connectivity index (χ0v) is 18.6. The Balaban J connectivity index is 1.39. The molecule has 2 bridgehead atoms. The second kappa shape index (κ2) is 8.69. The van der Waals surface area contributed by atoms with Crippen LogP contribution in [-0.2, 0) is 0 Å². The first-order valence-corrected chi connectivity index (χ1v) is 11.4. The third-order valence-electron chi connectivity index (χ3n) is 6.74. The number of hydrogen-bond acceptors (Lipinski definition) is 5. The molecule has 2 aliphatic rings. The van der Waals surface area contributed by atoms with Gasteiger partial charge < -0.3 is 9.64 Å². The van der Waals surface area contributed by atoms with Crippen LogP contribution in [0.1, 0.15) is 47.2 Å². The summed E-state index contributed by atoms with van der Waals surface area (Å²) in [6.07, 6.45) is 9.42. The summed E-state index contributed by atoms with van der Waals surface area (Å²) < 4.78 is 6.03. The fraction of sp³-hybridized carbons (Fsp3) is 0.385. The quantitative estimate of drug-likeness (QED) is 0.593. The van der Waals surface area contributed by atoms with Crippen LogP contribution in [0.3, 0.4) is 0 Å². The minimum Gasteiger partial charge on any atom is -0.477 e. The largest absolute Gasteiger partial charge is 0.477 e. The molecule has 0 saturated carbocycles. The predicted molar refractivity (Wildman–Crippen MR) is 122 cm³/mol. The Hall–Kier alpha value is -3.28. The lowest BCUT2D eigenvalue weighted by Gasteiger charge is -2.40. The lowest BCUT2D eigenvalue weighted by atomic mass is 9.89. The Morgan fingerprint density at radius 1 is 1.00 bits per heavy atom. The molecule has 0 radical (unpaired) electrons. The number of carbonyl (C=O) groups excluding carboxylic acids is 1. The number of benzene rings is 1. The molecule has 0 spiro atoms. The molecular weight excluding hydrogens is 400 g/mol. The van der Waals surface area contributed by atoms with Crippen LogP contribution >= 0.6 is 0 Å². The fourth-order valence-corrected chi connectivity index (χ4v) is 5.11. The lowest BCUT2D eigenvalue weighted by Crippen LogP contribution is -2.49. The smallest absolute Gasteiger partial charge is 0.255 e. The number of amides is 1. The van der Waals surface area contributed by atoms with Crippen molar-refractivity contribution in [3.8, 4) is 17.3 Å². The number of hydrogen-bond donors (Lipinski definition) is 0. The zero-order valence-electron chi connectivity index (χ0n) is 18.6. The van der Waals surface area contributed by atoms with Gasteiger partial charge in [-0.05, 0) is 57.2 Å². The van der Waals surface area contributed by atoms with Crippen molar-refractivity contribution >= 4 is 5.91 Å². The minimum absolute atomic E-state index is 0.0850. The summed E-state index contributed by atoms with van der Waals surface area (Å²) in [6, 6.07) is 12.2. The highest BCUT2D eigenvalue weighted by Gasteiger charge is 2.45. The first kappa shape index (κ1) is 20.6. The molecule has 164 valence electrons. The number of fused-ring (bicyclic) bond motifs is 2. The highest BCUT2D eigenvalue weighted by Crippen LogP contribution is 2.41. The van der Waals surface area contributed by atoms with E-state index in [0.717, 1.165) is 42.4 Å². The molecule has 2 aliphatic heterocycles. The minimum atomic E-state index is 0.0850. The maximum absolute atomic E-state index is 13.9. The van der Waals surface area contributed by atoms with Crippen LogP contribution in [0.4, 0.5) is 0 Å². The number of rotatable bonds is 5. The molecule has 3 atom stereocenters. The number of carbonyl (C=O) groups is 1. The van der Waals surface area contributed by atoms with Crippen molar-refractivity contribution in [3.63, 3.8) is 0 Å². The number of ether oxygens (including phenoxy) is 1. The van der Waals surface area contributed by atoms with Gasteiger partial charge in [-0.2, -0.15) is 0 Å². The van der Waals surface area contributed by atoms with E-state index in [1.807, 2.05) is 50.4 Å². The topological polar surface area (TPSA) is 68.2 Å². The highest BCUT2D eigenvalue weighted by atomic mass is 16.5. The van der Waals surface area contributed by atoms with E-state index < -0.39 is 0 Å². The standard InChI is InChI=1S/C26H28N4O2/c1-17-4-9-21(25-27-12-3-13-28-25)22(14-17)26(31)30-20-7-6-19(23(30)10-8-20)16-32-24-11-5-18(2)15-29-24/h3-5,9,11-15,19-20,23H,6-8,10,16H2,1-2H3/t19?,20-,23?/m1/s1. The first-order valence-electron chi connectivity index (χ1n) is 11.4. The van der Waals surface area contributed by atoms with Crippen molar-refractivity contribution in [1.29, 1.82) is 0 Å². The van der Waals surface area contributed by atoms with Gasteiger partial charge in [0.15, 0.2) is 5.82 Å². The van der Waals surface area contributed by atoms with Crippen LogP contribution in [0.15, 0.2) is 55.0 Å². The molecule has 5 rings (SSSR count). The van der Waals surface area contributed by atoms with Gasteiger partial charge in [0.25, 0.3) is 5.91 Å². The summed E-state index contributed by atoms with van der Waals surface area (Å²) in [5, 5.41) is 0. The van der Waals surface area contributed by atoms with Gasteiger partial charge in [-0.15, -0.1) is 0 Å². The van der Waals surface area contributed by atoms with Gasteiger partial charge in [-0.3, -0.25) is 4.79 Å². The van der Waals surface area contributed by atoms with Crippen LogP contribution < -0.4 is 4.74 Å². The van der Waals surface area contributed by atoms with Gasteiger partial charge in [0.1, 0.15) is 0 Å². The second-order valence-electron chi connectivity index (χ2n) is 8.95. The van der Waals surface area contributed by atoms with Gasteiger partial charge in [-0.1, -0.05) is 23.8 Å². The lowest BCUT2D eigenvalue weighted by molar-refractivity contribution is 0.0404. The molecule has 2 saturated heterocycles. The molecule has 2 aromatic heterocycles. The molecule has 1 amide bonds. The Bertz CT molecular complexity index is 1100. The van der Waals surface area contributed by atoms with Crippen LogP contribution in [0, 0.1) is 19.8 Å². The molecule has 32 heavy (non-hydrogen) atoms. The van der Waals surface area contributed by atoms with Crippen LogP contribution in [0.5, 0.6) is 5.88 Å². The van der Waals surface area contributed by atoms with Gasteiger partial charge in [-0.25, -0.2) is 15.0 Å². The monoisotopic (exact) mass is 428 g/mol. The van der Waals surface area contributed by atoms with E-state index in [4.69, 9.17) is 4.74 Å². The molecule has 6 nitrogen and oxygen atoms in total.